The van der Waals surface area contributed by atoms with E-state index >= 15 is 0 Å². The van der Waals surface area contributed by atoms with Gasteiger partial charge >= 0.3 is 12.2 Å². The Kier molecular flexibility index (Phi) is 9.04. The van der Waals surface area contributed by atoms with Gasteiger partial charge in [-0.1, -0.05) is 38.1 Å². The van der Waals surface area contributed by atoms with Gasteiger partial charge in [-0.05, 0) is 72.5 Å². The lowest BCUT2D eigenvalue weighted by molar-refractivity contribution is 0.0316. The number of carbonyl (C=O) groups is 4. The second-order valence-electron chi connectivity index (χ2n) is 8.48. The number of primary amides is 1. The van der Waals surface area contributed by atoms with Crippen LogP contribution in [-0.2, 0) is 9.47 Å². The van der Waals surface area contributed by atoms with Crippen LogP contribution in [0.15, 0.2) is 72.8 Å². The first-order valence-electron chi connectivity index (χ1n) is 12.0. The van der Waals surface area contributed by atoms with Gasteiger partial charge in [0, 0.05) is 22.5 Å². The number of nitrogens with zero attached hydrogens (tertiary/aromatic N) is 1. The zero-order valence-corrected chi connectivity index (χ0v) is 21.1. The third-order valence-corrected chi connectivity index (χ3v) is 5.83. The number of anilines is 2. The smallest absolute Gasteiger partial charge is 0.427 e. The monoisotopic (exact) mass is 518 g/mol. The summed E-state index contributed by atoms with van der Waals surface area (Å²) >= 11 is 0. The van der Waals surface area contributed by atoms with E-state index in [0.29, 0.717) is 40.2 Å². The second kappa shape index (κ2) is 12.4. The van der Waals surface area contributed by atoms with Gasteiger partial charge in [0.25, 0.3) is 5.91 Å². The molecule has 0 aliphatic heterocycles. The van der Waals surface area contributed by atoms with Crippen LogP contribution < -0.4 is 17.2 Å². The Morgan fingerprint density at radius 2 is 1.03 bits per heavy atom. The lowest BCUT2D eigenvalue weighted by atomic mass is 10.1. The molecule has 0 bridgehead atoms. The van der Waals surface area contributed by atoms with Gasteiger partial charge in [0.2, 0.25) is 5.91 Å². The van der Waals surface area contributed by atoms with Crippen LogP contribution in [0.2, 0.25) is 0 Å². The Morgan fingerprint density at radius 1 is 0.658 bits per heavy atom. The van der Waals surface area contributed by atoms with E-state index in [1.54, 1.807) is 62.4 Å². The summed E-state index contributed by atoms with van der Waals surface area (Å²) in [5, 5.41) is 0. The van der Waals surface area contributed by atoms with Crippen LogP contribution in [0, 0.1) is 0 Å². The molecule has 0 heterocycles. The molecular weight excluding hydrogens is 488 g/mol. The van der Waals surface area contributed by atoms with Crippen molar-refractivity contribution in [3.05, 3.63) is 95.1 Å². The zero-order chi connectivity index (χ0) is 27.8. The number of rotatable bonds is 8. The molecular formula is C28H30N4O6. The van der Waals surface area contributed by atoms with E-state index in [1.807, 2.05) is 0 Å². The zero-order valence-electron chi connectivity index (χ0n) is 21.1. The minimum absolute atomic E-state index is 0.0510. The fourth-order valence-electron chi connectivity index (χ4n) is 3.69. The summed E-state index contributed by atoms with van der Waals surface area (Å²) in [4.78, 5) is 51.7. The van der Waals surface area contributed by atoms with Crippen LogP contribution in [0.25, 0.3) is 0 Å². The number of imide groups is 3. The third-order valence-electron chi connectivity index (χ3n) is 5.83. The summed E-state index contributed by atoms with van der Waals surface area (Å²) in [6.45, 7) is 3.57. The molecule has 0 saturated carbocycles. The number of ether oxygens (including phenoxy) is 2. The summed E-state index contributed by atoms with van der Waals surface area (Å²) < 4.78 is 11.2. The highest BCUT2D eigenvalue weighted by Crippen LogP contribution is 2.26. The molecule has 3 aromatic rings. The van der Waals surface area contributed by atoms with Gasteiger partial charge in [0.05, 0.1) is 0 Å². The largest absolute Gasteiger partial charge is 0.441 e. The molecule has 3 aromatic carbocycles. The molecule has 198 valence electrons. The topological polar surface area (TPSA) is 168 Å². The molecule has 0 aromatic heterocycles. The average Bonchev–Trinajstić information content (AvgIpc) is 2.91. The predicted molar refractivity (Wildman–Crippen MR) is 142 cm³/mol. The average molecular weight is 519 g/mol. The van der Waals surface area contributed by atoms with Crippen LogP contribution in [0.3, 0.4) is 0 Å². The quantitative estimate of drug-likeness (QED) is 0.351. The van der Waals surface area contributed by atoms with Crippen LogP contribution in [0.4, 0.5) is 21.0 Å². The molecule has 0 aliphatic carbocycles. The van der Waals surface area contributed by atoms with Crippen molar-refractivity contribution in [1.82, 2.24) is 4.90 Å². The summed E-state index contributed by atoms with van der Waals surface area (Å²) in [7, 11) is 0. The van der Waals surface area contributed by atoms with Crippen molar-refractivity contribution in [1.29, 1.82) is 0 Å². The Labute approximate surface area is 220 Å². The third kappa shape index (κ3) is 6.67. The molecule has 3 rings (SSSR count). The maximum atomic E-state index is 13.4. The molecule has 38 heavy (non-hydrogen) atoms. The molecule has 10 heteroatoms. The van der Waals surface area contributed by atoms with Crippen LogP contribution >= 0.6 is 0 Å². The van der Waals surface area contributed by atoms with E-state index in [4.69, 9.17) is 26.7 Å². The van der Waals surface area contributed by atoms with Gasteiger partial charge in [0.15, 0.2) is 0 Å². The van der Waals surface area contributed by atoms with Gasteiger partial charge in [-0.15, -0.1) is 4.90 Å². The Hall–Kier alpha value is -4.86. The van der Waals surface area contributed by atoms with E-state index in [1.165, 1.54) is 24.3 Å². The first kappa shape index (κ1) is 27.7. The normalized spacial score (nSPS) is 12.2. The number of benzene rings is 3. The van der Waals surface area contributed by atoms with Crippen molar-refractivity contribution in [2.75, 3.05) is 11.5 Å². The Bertz CT molecular complexity index is 1220. The molecule has 0 spiro atoms. The fraction of sp³-hybridized carbons (Fsp3) is 0.214. The van der Waals surface area contributed by atoms with Gasteiger partial charge in [-0.2, -0.15) is 0 Å². The highest BCUT2D eigenvalue weighted by atomic mass is 16.6. The van der Waals surface area contributed by atoms with Crippen molar-refractivity contribution < 1.29 is 28.7 Å². The van der Waals surface area contributed by atoms with Gasteiger partial charge in [0.1, 0.15) is 12.2 Å². The summed E-state index contributed by atoms with van der Waals surface area (Å²) in [6, 6.07) is 18.6. The van der Waals surface area contributed by atoms with Gasteiger partial charge < -0.3 is 26.7 Å². The maximum Gasteiger partial charge on any atom is 0.427 e. The molecule has 0 fully saturated rings. The molecule has 10 nitrogen and oxygen atoms in total. The van der Waals surface area contributed by atoms with Crippen molar-refractivity contribution in [2.24, 2.45) is 5.73 Å². The van der Waals surface area contributed by atoms with E-state index in [9.17, 15) is 19.2 Å². The lowest BCUT2D eigenvalue weighted by Crippen LogP contribution is -2.43. The highest BCUT2D eigenvalue weighted by molar-refractivity contribution is 6.13. The van der Waals surface area contributed by atoms with Crippen LogP contribution in [0.1, 0.15) is 70.7 Å². The Morgan fingerprint density at radius 3 is 1.37 bits per heavy atom. The number of nitrogens with two attached hydrogens (primary N) is 3. The lowest BCUT2D eigenvalue weighted by Gasteiger charge is -2.25. The number of carbonyl (C=O) groups excluding carboxylic acids is 4. The highest BCUT2D eigenvalue weighted by Gasteiger charge is 2.36. The predicted octanol–water partition coefficient (Wildman–Crippen LogP) is 4.97. The van der Waals surface area contributed by atoms with Gasteiger partial charge in [-0.25, -0.2) is 9.59 Å². The van der Waals surface area contributed by atoms with Crippen molar-refractivity contribution in [2.45, 2.75) is 38.9 Å². The number of hydrogen-bond donors (Lipinski definition) is 3. The minimum atomic E-state index is -1.21. The van der Waals surface area contributed by atoms with E-state index in [-0.39, 0.29) is 11.1 Å². The van der Waals surface area contributed by atoms with Crippen molar-refractivity contribution >= 4 is 35.4 Å². The molecule has 6 N–H and O–H groups in total. The van der Waals surface area contributed by atoms with E-state index in [2.05, 4.69) is 0 Å². The first-order valence-corrected chi connectivity index (χ1v) is 12.0. The second-order valence-corrected chi connectivity index (χ2v) is 8.48. The molecule has 2 atom stereocenters. The molecule has 0 aliphatic rings. The number of amides is 4. The maximum absolute atomic E-state index is 13.4. The minimum Gasteiger partial charge on any atom is -0.441 e. The summed E-state index contributed by atoms with van der Waals surface area (Å²) in [6.07, 6.45) is -3.22. The molecule has 0 radical (unpaired) electrons. The first-order chi connectivity index (χ1) is 18.1. The van der Waals surface area contributed by atoms with E-state index in [0.717, 1.165) is 0 Å². The van der Waals surface area contributed by atoms with Crippen LogP contribution in [-0.4, -0.2) is 28.9 Å². The van der Waals surface area contributed by atoms with Gasteiger partial charge in [-0.3, -0.25) is 9.59 Å². The van der Waals surface area contributed by atoms with Crippen LogP contribution in [0.5, 0.6) is 0 Å². The summed E-state index contributed by atoms with van der Waals surface area (Å²) in [5.41, 5.74) is 19.2. The SMILES string of the molecule is CCC(OC(=O)N(C(=O)OC(CC)c1ccc(N)cc1)C(=O)c1ccc(C(N)=O)cc1)c1ccc(N)cc1. The van der Waals surface area contributed by atoms with E-state index < -0.39 is 36.2 Å². The fourth-order valence-corrected chi connectivity index (χ4v) is 3.69. The molecule has 4 amide bonds. The summed E-state index contributed by atoms with van der Waals surface area (Å²) in [5.74, 6) is -1.68. The molecule has 2 unspecified atom stereocenters. The molecule has 0 saturated heterocycles. The standard InChI is InChI=1S/C28H30N4O6/c1-3-23(17-9-13-21(29)14-10-17)37-27(35)32(26(34)20-7-5-19(6-8-20)25(31)33)28(36)38-24(4-2)18-11-15-22(30)16-12-18/h5-16,23-24H,3-4,29-30H2,1-2H3,(H2,31,33). The van der Waals surface area contributed by atoms with Crippen molar-refractivity contribution in [3.63, 3.8) is 0 Å². The van der Waals surface area contributed by atoms with Crippen molar-refractivity contribution in [3.8, 4) is 0 Å². The number of hydrogen-bond acceptors (Lipinski definition) is 8. The Balaban J connectivity index is 1.92. The number of nitrogen functional groups attached to an aromatic ring is 2.